The number of piperidine rings is 1. The molecule has 5 nitrogen and oxygen atoms in total. The van der Waals surface area contributed by atoms with E-state index in [2.05, 4.69) is 27.0 Å². The van der Waals surface area contributed by atoms with E-state index in [1.807, 2.05) is 41.3 Å². The van der Waals surface area contributed by atoms with Crippen LogP contribution >= 0.6 is 27.5 Å². The molecule has 0 bridgehead atoms. The molecule has 1 saturated heterocycles. The number of hydrogen-bond donors (Lipinski definition) is 0. The van der Waals surface area contributed by atoms with Gasteiger partial charge in [-0.25, -0.2) is 5.01 Å². The van der Waals surface area contributed by atoms with Gasteiger partial charge in [0.25, 0.3) is 0 Å². The molecule has 0 aromatic heterocycles. The zero-order chi connectivity index (χ0) is 20.2. The lowest BCUT2D eigenvalue weighted by Gasteiger charge is -2.51. The number of rotatable bonds is 1. The molecule has 0 radical (unpaired) electrons. The third kappa shape index (κ3) is 3.13. The van der Waals surface area contributed by atoms with Crippen molar-refractivity contribution in [2.75, 3.05) is 13.1 Å². The first-order valence-corrected chi connectivity index (χ1v) is 11.0. The molecule has 3 heterocycles. The second-order valence-electron chi connectivity index (χ2n) is 7.83. The molecule has 0 N–H and O–H groups in total. The van der Waals surface area contributed by atoms with Gasteiger partial charge < -0.3 is 9.64 Å². The van der Waals surface area contributed by atoms with Gasteiger partial charge in [0.05, 0.1) is 11.8 Å². The molecule has 2 aromatic carbocycles. The van der Waals surface area contributed by atoms with E-state index in [1.54, 1.807) is 6.92 Å². The van der Waals surface area contributed by atoms with Crippen molar-refractivity contribution in [3.05, 3.63) is 63.1 Å². The molecule has 0 aliphatic carbocycles. The topological polar surface area (TPSA) is 45.1 Å². The van der Waals surface area contributed by atoms with Gasteiger partial charge in [-0.2, -0.15) is 5.10 Å². The summed E-state index contributed by atoms with van der Waals surface area (Å²) in [6.07, 6.45) is 2.21. The molecule has 0 saturated carbocycles. The van der Waals surface area contributed by atoms with Crippen molar-refractivity contribution in [2.45, 2.75) is 38.0 Å². The first-order valence-electron chi connectivity index (χ1n) is 9.82. The minimum Gasteiger partial charge on any atom is -0.466 e. The Labute approximate surface area is 183 Å². The van der Waals surface area contributed by atoms with E-state index in [0.29, 0.717) is 18.1 Å². The zero-order valence-electron chi connectivity index (χ0n) is 16.1. The first-order chi connectivity index (χ1) is 14.0. The highest BCUT2D eigenvalue weighted by Crippen LogP contribution is 2.50. The molecule has 5 rings (SSSR count). The van der Waals surface area contributed by atoms with Gasteiger partial charge in [-0.05, 0) is 24.3 Å². The van der Waals surface area contributed by atoms with Crippen molar-refractivity contribution in [3.8, 4) is 5.75 Å². The molecule has 3 aliphatic rings. The number of carbonyl (C=O) groups is 1. The lowest BCUT2D eigenvalue weighted by atomic mass is 9.90. The molecular formula is C22H21BrClN3O2. The Kier molecular flexibility index (Phi) is 4.59. The molecule has 29 heavy (non-hydrogen) atoms. The maximum Gasteiger partial charge on any atom is 0.219 e. The predicted molar refractivity (Wildman–Crippen MR) is 116 cm³/mol. The van der Waals surface area contributed by atoms with E-state index in [0.717, 1.165) is 46.3 Å². The Morgan fingerprint density at radius 3 is 2.72 bits per heavy atom. The third-order valence-electron chi connectivity index (χ3n) is 6.13. The van der Waals surface area contributed by atoms with Gasteiger partial charge in [-0.1, -0.05) is 45.7 Å². The summed E-state index contributed by atoms with van der Waals surface area (Å²) in [7, 11) is 0. The smallest absolute Gasteiger partial charge is 0.219 e. The number of ether oxygens (including phenoxy) is 1. The summed E-state index contributed by atoms with van der Waals surface area (Å²) < 4.78 is 7.62. The fraction of sp³-hybridized carbons (Fsp3) is 0.364. The number of halogens is 2. The molecule has 1 atom stereocenters. The Morgan fingerprint density at radius 1 is 1.24 bits per heavy atom. The van der Waals surface area contributed by atoms with Crippen LogP contribution in [0.4, 0.5) is 0 Å². The van der Waals surface area contributed by atoms with Crippen LogP contribution < -0.4 is 4.74 Å². The molecule has 3 aliphatic heterocycles. The van der Waals surface area contributed by atoms with Crippen LogP contribution in [-0.4, -0.2) is 40.3 Å². The molecule has 0 unspecified atom stereocenters. The van der Waals surface area contributed by atoms with Crippen molar-refractivity contribution >= 4 is 39.1 Å². The van der Waals surface area contributed by atoms with E-state index in [-0.39, 0.29) is 11.9 Å². The Bertz CT molecular complexity index is 1020. The minimum absolute atomic E-state index is 0.0893. The highest BCUT2D eigenvalue weighted by atomic mass is 79.9. The highest BCUT2D eigenvalue weighted by molar-refractivity contribution is 9.10. The van der Waals surface area contributed by atoms with Crippen LogP contribution in [0.15, 0.2) is 52.0 Å². The number of benzene rings is 2. The number of hydrogen-bond acceptors (Lipinski definition) is 4. The zero-order valence-corrected chi connectivity index (χ0v) is 18.4. The second kappa shape index (κ2) is 7.03. The van der Waals surface area contributed by atoms with Gasteiger partial charge in [-0.3, -0.25) is 4.79 Å². The van der Waals surface area contributed by atoms with Gasteiger partial charge in [-0.15, -0.1) is 0 Å². The third-order valence-corrected chi connectivity index (χ3v) is 6.96. The summed E-state index contributed by atoms with van der Waals surface area (Å²) in [4.78, 5) is 13.7. The van der Waals surface area contributed by atoms with Crippen molar-refractivity contribution in [1.29, 1.82) is 0 Å². The number of amides is 1. The van der Waals surface area contributed by atoms with Crippen LogP contribution in [0.1, 0.15) is 43.4 Å². The van der Waals surface area contributed by atoms with Crippen LogP contribution in [0.25, 0.3) is 0 Å². The number of carbonyl (C=O) groups excluding carboxylic acids is 1. The van der Waals surface area contributed by atoms with Crippen LogP contribution in [0, 0.1) is 0 Å². The van der Waals surface area contributed by atoms with Crippen LogP contribution in [0.3, 0.4) is 0 Å². The van der Waals surface area contributed by atoms with E-state index < -0.39 is 5.72 Å². The van der Waals surface area contributed by atoms with Gasteiger partial charge in [0.15, 0.2) is 0 Å². The quantitative estimate of drug-likeness (QED) is 0.585. The van der Waals surface area contributed by atoms with Crippen molar-refractivity contribution in [2.24, 2.45) is 5.10 Å². The molecule has 2 aromatic rings. The summed E-state index contributed by atoms with van der Waals surface area (Å²) >= 11 is 10.1. The summed E-state index contributed by atoms with van der Waals surface area (Å²) in [6.45, 7) is 2.96. The van der Waals surface area contributed by atoms with Gasteiger partial charge in [0.2, 0.25) is 11.6 Å². The lowest BCUT2D eigenvalue weighted by Crippen LogP contribution is -2.59. The standard InChI is InChI=1S/C22H21BrClN3O2/c1-14(28)26-10-8-22(9-11-26)27-20(17-12-15(23)6-7-21(17)29-22)13-19(25-27)16-4-2-3-5-18(16)24/h2-7,12,20H,8-11,13H2,1H3/t20-/m0/s1. The second-order valence-corrected chi connectivity index (χ2v) is 9.15. The van der Waals surface area contributed by atoms with E-state index in [9.17, 15) is 4.79 Å². The summed E-state index contributed by atoms with van der Waals surface area (Å²) in [5, 5.41) is 7.89. The van der Waals surface area contributed by atoms with Crippen LogP contribution in [-0.2, 0) is 4.79 Å². The monoisotopic (exact) mass is 473 g/mol. The largest absolute Gasteiger partial charge is 0.466 e. The predicted octanol–water partition coefficient (Wildman–Crippen LogP) is 4.98. The number of fused-ring (bicyclic) bond motifs is 4. The molecular weight excluding hydrogens is 454 g/mol. The Hall–Kier alpha value is -2.05. The lowest BCUT2D eigenvalue weighted by molar-refractivity contribution is -0.158. The van der Waals surface area contributed by atoms with Crippen molar-refractivity contribution in [1.82, 2.24) is 9.91 Å². The maximum absolute atomic E-state index is 11.8. The Morgan fingerprint density at radius 2 is 2.00 bits per heavy atom. The van der Waals surface area contributed by atoms with Crippen LogP contribution in [0.2, 0.25) is 5.02 Å². The van der Waals surface area contributed by atoms with E-state index in [4.69, 9.17) is 21.4 Å². The molecule has 7 heteroatoms. The average molecular weight is 475 g/mol. The van der Waals surface area contributed by atoms with Gasteiger partial charge >= 0.3 is 0 Å². The highest BCUT2D eigenvalue weighted by Gasteiger charge is 2.52. The van der Waals surface area contributed by atoms with Crippen molar-refractivity contribution in [3.63, 3.8) is 0 Å². The number of nitrogens with zero attached hydrogens (tertiary/aromatic N) is 3. The molecule has 1 fully saturated rings. The number of likely N-dealkylation sites (tertiary alicyclic amines) is 1. The van der Waals surface area contributed by atoms with E-state index >= 15 is 0 Å². The fourth-order valence-corrected chi connectivity index (χ4v) is 5.24. The van der Waals surface area contributed by atoms with Gasteiger partial charge in [0, 0.05) is 59.9 Å². The molecule has 1 amide bonds. The van der Waals surface area contributed by atoms with Crippen LogP contribution in [0.5, 0.6) is 5.75 Å². The average Bonchev–Trinajstić information content (AvgIpc) is 3.16. The first kappa shape index (κ1) is 18.9. The normalized spacial score (nSPS) is 22.0. The molecule has 150 valence electrons. The summed E-state index contributed by atoms with van der Waals surface area (Å²) in [6, 6.07) is 14.1. The number of hydrazone groups is 1. The Balaban J connectivity index is 1.57. The SMILES string of the molecule is CC(=O)N1CCC2(CC1)Oc1ccc(Br)cc1[C@@H]1CC(c3ccccc3Cl)=NN12. The van der Waals surface area contributed by atoms with Gasteiger partial charge in [0.1, 0.15) is 5.75 Å². The van der Waals surface area contributed by atoms with Crippen molar-refractivity contribution < 1.29 is 9.53 Å². The summed E-state index contributed by atoms with van der Waals surface area (Å²) in [5.41, 5.74) is 2.53. The van der Waals surface area contributed by atoms with E-state index in [1.165, 1.54) is 0 Å². The maximum atomic E-state index is 11.8. The fourth-order valence-electron chi connectivity index (χ4n) is 4.61. The minimum atomic E-state index is -0.541. The summed E-state index contributed by atoms with van der Waals surface area (Å²) in [5.74, 6) is 1.01. The molecule has 1 spiro atoms.